The van der Waals surface area contributed by atoms with Gasteiger partial charge in [0.05, 0.1) is 17.8 Å². The highest BCUT2D eigenvalue weighted by Crippen LogP contribution is 2.35. The molecule has 2 aromatic heterocycles. The Balaban J connectivity index is 1.04. The number of halogens is 1. The number of pyridine rings is 1. The van der Waals surface area contributed by atoms with E-state index in [1.54, 1.807) is 22.8 Å². The summed E-state index contributed by atoms with van der Waals surface area (Å²) in [5.41, 5.74) is 2.15. The summed E-state index contributed by atoms with van der Waals surface area (Å²) in [6, 6.07) is 8.81. The summed E-state index contributed by atoms with van der Waals surface area (Å²) in [7, 11) is 0. The Morgan fingerprint density at radius 2 is 2.00 bits per heavy atom. The molecular formula is C25H28FN5O4. The zero-order valence-electron chi connectivity index (χ0n) is 19.3. The van der Waals surface area contributed by atoms with Crippen molar-refractivity contribution >= 4 is 10.9 Å². The zero-order chi connectivity index (χ0) is 23.9. The van der Waals surface area contributed by atoms with Crippen LogP contribution in [0.4, 0.5) is 4.39 Å². The Morgan fingerprint density at radius 3 is 2.83 bits per heavy atom. The first-order valence-electron chi connectivity index (χ1n) is 12.1. The molecule has 9 nitrogen and oxygen atoms in total. The molecule has 2 atom stereocenters. The fraction of sp³-hybridized carbons (Fsp3) is 0.480. The third-order valence-electron chi connectivity index (χ3n) is 7.27. The van der Waals surface area contributed by atoms with Gasteiger partial charge in [-0.25, -0.2) is 4.39 Å². The van der Waals surface area contributed by atoms with Gasteiger partial charge < -0.3 is 29.4 Å². The smallest absolute Gasteiger partial charge is 0.276 e. The number of nitrogens with one attached hydrogen (secondary N) is 1. The van der Waals surface area contributed by atoms with Crippen LogP contribution < -0.4 is 20.3 Å². The first kappa shape index (κ1) is 22.4. The number of piperidine rings is 1. The van der Waals surface area contributed by atoms with Crippen molar-refractivity contribution in [3.63, 3.8) is 0 Å². The molecule has 0 saturated carbocycles. The van der Waals surface area contributed by atoms with E-state index in [9.17, 15) is 14.3 Å². The predicted octanol–water partition coefficient (Wildman–Crippen LogP) is 1.41. The summed E-state index contributed by atoms with van der Waals surface area (Å²) in [4.78, 5) is 14.7. The lowest BCUT2D eigenvalue weighted by Gasteiger charge is -2.34. The van der Waals surface area contributed by atoms with Crippen molar-refractivity contribution in [3.8, 4) is 11.6 Å². The molecule has 0 bridgehead atoms. The van der Waals surface area contributed by atoms with Gasteiger partial charge in [0.1, 0.15) is 12.4 Å². The third kappa shape index (κ3) is 4.26. The van der Waals surface area contributed by atoms with Crippen LogP contribution in [0.25, 0.3) is 10.9 Å². The van der Waals surface area contributed by atoms with Crippen molar-refractivity contribution in [2.45, 2.75) is 44.0 Å². The van der Waals surface area contributed by atoms with Crippen molar-refractivity contribution in [1.82, 2.24) is 25.0 Å². The molecule has 0 spiro atoms. The van der Waals surface area contributed by atoms with E-state index in [4.69, 9.17) is 9.47 Å². The van der Waals surface area contributed by atoms with Gasteiger partial charge >= 0.3 is 0 Å². The summed E-state index contributed by atoms with van der Waals surface area (Å²) >= 11 is 0. The molecule has 5 heterocycles. The van der Waals surface area contributed by atoms with Crippen molar-refractivity contribution < 1.29 is 19.0 Å². The molecule has 3 aliphatic rings. The van der Waals surface area contributed by atoms with Gasteiger partial charge in [-0.05, 0) is 49.5 Å². The average molecular weight is 482 g/mol. The van der Waals surface area contributed by atoms with Crippen LogP contribution in [0.1, 0.15) is 30.0 Å². The van der Waals surface area contributed by atoms with Gasteiger partial charge in [-0.1, -0.05) is 0 Å². The van der Waals surface area contributed by atoms with E-state index < -0.39 is 6.10 Å². The van der Waals surface area contributed by atoms with Gasteiger partial charge in [-0.2, -0.15) is 5.10 Å². The van der Waals surface area contributed by atoms with Crippen LogP contribution >= 0.6 is 0 Å². The number of fused-ring (bicyclic) bond motifs is 1. The number of likely N-dealkylation sites (tertiary alicyclic amines) is 1. The lowest BCUT2D eigenvalue weighted by molar-refractivity contribution is 0.0398. The number of hydrogen-bond donors (Lipinski definition) is 2. The molecule has 0 amide bonds. The first-order valence-corrected chi connectivity index (χ1v) is 12.1. The van der Waals surface area contributed by atoms with Crippen LogP contribution in [0, 0.1) is 5.82 Å². The highest BCUT2D eigenvalue weighted by Gasteiger charge is 2.31. The molecule has 6 rings (SSSR count). The molecule has 0 radical (unpaired) electrons. The molecule has 1 aromatic carbocycles. The summed E-state index contributed by atoms with van der Waals surface area (Å²) in [5, 5.41) is 22.0. The lowest BCUT2D eigenvalue weighted by atomic mass is 9.97. The number of nitrogens with zero attached hydrogens (tertiary/aromatic N) is 4. The molecule has 2 N–H and O–H groups in total. The maximum Gasteiger partial charge on any atom is 0.276 e. The Hall–Kier alpha value is -3.08. The van der Waals surface area contributed by atoms with Crippen molar-refractivity contribution in [3.05, 3.63) is 57.8 Å². The second-order valence-electron chi connectivity index (χ2n) is 9.57. The Kier molecular flexibility index (Phi) is 5.87. The number of hydrogen-bond acceptors (Lipinski definition) is 8. The van der Waals surface area contributed by atoms with Crippen LogP contribution in [-0.2, 0) is 13.1 Å². The average Bonchev–Trinajstić information content (AvgIpc) is 3.28. The summed E-state index contributed by atoms with van der Waals surface area (Å²) in [6.45, 7) is 3.84. The van der Waals surface area contributed by atoms with E-state index in [0.29, 0.717) is 42.9 Å². The van der Waals surface area contributed by atoms with E-state index in [1.807, 2.05) is 6.07 Å². The topological polar surface area (TPSA) is 102 Å². The summed E-state index contributed by atoms with van der Waals surface area (Å²) in [6.07, 6.45) is 1.54. The van der Waals surface area contributed by atoms with Gasteiger partial charge in [0.15, 0.2) is 11.9 Å². The molecule has 1 unspecified atom stereocenters. The maximum atomic E-state index is 14.8. The molecule has 10 heteroatoms. The number of benzene rings is 1. The summed E-state index contributed by atoms with van der Waals surface area (Å²) in [5.74, 6) is 0.631. The van der Waals surface area contributed by atoms with Crippen LogP contribution in [-0.4, -0.2) is 69.8 Å². The standard InChI is InChI=1S/C25H28FN5O4/c26-20-3-1-15-2-4-22(33)31-12-16(23(20)24(15)31)11-30-7-5-17(6-8-30)27-10-18-9-21-25(29-28-18)35-19(13-32)14-34-21/h1-4,9,16-17,19,27,32H,5-8,10-14H2/t16?,19-/m1/s1. The fourth-order valence-corrected chi connectivity index (χ4v) is 5.44. The van der Waals surface area contributed by atoms with Gasteiger partial charge in [-0.15, -0.1) is 5.10 Å². The zero-order valence-corrected chi connectivity index (χ0v) is 19.3. The van der Waals surface area contributed by atoms with E-state index in [2.05, 4.69) is 20.4 Å². The van der Waals surface area contributed by atoms with Crippen molar-refractivity contribution in [2.24, 2.45) is 0 Å². The maximum absolute atomic E-state index is 14.8. The lowest BCUT2D eigenvalue weighted by Crippen LogP contribution is -2.43. The van der Waals surface area contributed by atoms with E-state index in [0.717, 1.165) is 49.1 Å². The minimum atomic E-state index is -0.408. The molecule has 0 aliphatic carbocycles. The van der Waals surface area contributed by atoms with Gasteiger partial charge in [-0.3, -0.25) is 4.79 Å². The number of aliphatic hydroxyl groups excluding tert-OH is 1. The highest BCUT2D eigenvalue weighted by atomic mass is 19.1. The largest absolute Gasteiger partial charge is 0.484 e. The second kappa shape index (κ2) is 9.18. The molecule has 3 aromatic rings. The fourth-order valence-electron chi connectivity index (χ4n) is 5.44. The number of aliphatic hydroxyl groups is 1. The van der Waals surface area contributed by atoms with Crippen molar-refractivity contribution in [2.75, 3.05) is 32.8 Å². The second-order valence-corrected chi connectivity index (χ2v) is 9.57. The van der Waals surface area contributed by atoms with Crippen LogP contribution in [0.3, 0.4) is 0 Å². The normalized spacial score (nSPS) is 22.1. The Morgan fingerprint density at radius 1 is 1.17 bits per heavy atom. The predicted molar refractivity (Wildman–Crippen MR) is 126 cm³/mol. The summed E-state index contributed by atoms with van der Waals surface area (Å²) < 4.78 is 27.7. The molecule has 35 heavy (non-hydrogen) atoms. The van der Waals surface area contributed by atoms with Gasteiger partial charge in [0, 0.05) is 49.3 Å². The first-order chi connectivity index (χ1) is 17.1. The third-order valence-corrected chi connectivity index (χ3v) is 7.27. The van der Waals surface area contributed by atoms with Gasteiger partial charge in [0.2, 0.25) is 0 Å². The quantitative estimate of drug-likeness (QED) is 0.545. The Labute approximate surface area is 201 Å². The molecule has 1 saturated heterocycles. The molecule has 1 fully saturated rings. The molecular weight excluding hydrogens is 453 g/mol. The molecule has 184 valence electrons. The SMILES string of the molecule is O=c1ccc2ccc(F)c3c2n1CC3CN1CCC(NCc2cc3c(nn2)O[C@H](CO)CO3)CC1. The van der Waals surface area contributed by atoms with Crippen LogP contribution in [0.5, 0.6) is 11.6 Å². The number of rotatable bonds is 6. The van der Waals surface area contributed by atoms with E-state index >= 15 is 0 Å². The monoisotopic (exact) mass is 481 g/mol. The highest BCUT2D eigenvalue weighted by molar-refractivity contribution is 5.84. The molecule has 3 aliphatic heterocycles. The minimum absolute atomic E-state index is 0.0169. The Bertz CT molecular complexity index is 1310. The van der Waals surface area contributed by atoms with E-state index in [-0.39, 0.29) is 23.9 Å². The van der Waals surface area contributed by atoms with Crippen LogP contribution in [0.15, 0.2) is 35.1 Å². The van der Waals surface area contributed by atoms with Gasteiger partial charge in [0.25, 0.3) is 11.4 Å². The number of aromatic nitrogens is 3. The minimum Gasteiger partial charge on any atom is -0.484 e. The van der Waals surface area contributed by atoms with E-state index in [1.165, 1.54) is 6.07 Å². The number of ether oxygens (including phenoxy) is 2. The van der Waals surface area contributed by atoms with Crippen molar-refractivity contribution in [1.29, 1.82) is 0 Å². The van der Waals surface area contributed by atoms with Crippen LogP contribution in [0.2, 0.25) is 0 Å².